The van der Waals surface area contributed by atoms with E-state index >= 15 is 0 Å². The van der Waals surface area contributed by atoms with Gasteiger partial charge in [-0.05, 0) is 42.6 Å². The number of benzene rings is 3. The van der Waals surface area contributed by atoms with E-state index in [0.717, 1.165) is 38.2 Å². The van der Waals surface area contributed by atoms with Crippen molar-refractivity contribution in [2.45, 2.75) is 6.92 Å². The normalized spacial score (nSPS) is 11.1. The van der Waals surface area contributed by atoms with Crippen LogP contribution in [0.25, 0.3) is 32.4 Å². The van der Waals surface area contributed by atoms with E-state index in [2.05, 4.69) is 0 Å². The second-order valence-electron chi connectivity index (χ2n) is 6.51. The van der Waals surface area contributed by atoms with Crippen LogP contribution in [0.4, 0.5) is 0 Å². The van der Waals surface area contributed by atoms with Crippen LogP contribution in [0.15, 0.2) is 36.5 Å². The quantitative estimate of drug-likeness (QED) is 0.431. The van der Waals surface area contributed by atoms with Gasteiger partial charge in [-0.3, -0.25) is 4.98 Å². The van der Waals surface area contributed by atoms with Crippen molar-refractivity contribution < 1.29 is 23.7 Å². The number of rotatable bonds is 6. The summed E-state index contributed by atoms with van der Waals surface area (Å²) < 4.78 is 27.9. The molecular formula is C23H23NO5. The molecule has 150 valence electrons. The van der Waals surface area contributed by atoms with Gasteiger partial charge in [0.25, 0.3) is 0 Å². The minimum Gasteiger partial charge on any atom is -0.493 e. The Labute approximate surface area is 168 Å². The first-order valence-corrected chi connectivity index (χ1v) is 9.31. The van der Waals surface area contributed by atoms with Gasteiger partial charge in [0, 0.05) is 27.7 Å². The van der Waals surface area contributed by atoms with E-state index in [1.54, 1.807) is 28.4 Å². The van der Waals surface area contributed by atoms with Crippen molar-refractivity contribution in [1.82, 2.24) is 4.98 Å². The molecule has 0 N–H and O–H groups in total. The van der Waals surface area contributed by atoms with Gasteiger partial charge in [0.05, 0.1) is 40.6 Å². The second kappa shape index (κ2) is 7.54. The summed E-state index contributed by atoms with van der Waals surface area (Å²) in [6.45, 7) is 2.51. The summed E-state index contributed by atoms with van der Waals surface area (Å²) >= 11 is 0. The summed E-state index contributed by atoms with van der Waals surface area (Å²) in [5.41, 5.74) is 0.851. The minimum absolute atomic E-state index is 0.546. The van der Waals surface area contributed by atoms with Gasteiger partial charge in [-0.2, -0.15) is 0 Å². The monoisotopic (exact) mass is 393 g/mol. The van der Waals surface area contributed by atoms with Gasteiger partial charge in [0.1, 0.15) is 5.75 Å². The number of pyridine rings is 1. The summed E-state index contributed by atoms with van der Waals surface area (Å²) in [7, 11) is 6.50. The van der Waals surface area contributed by atoms with Gasteiger partial charge in [-0.25, -0.2) is 0 Å². The summed E-state index contributed by atoms with van der Waals surface area (Å²) in [6.07, 6.45) is 1.84. The number of ether oxygens (including phenoxy) is 5. The highest BCUT2D eigenvalue weighted by Gasteiger charge is 2.17. The lowest BCUT2D eigenvalue weighted by Gasteiger charge is -2.16. The highest BCUT2D eigenvalue weighted by molar-refractivity contribution is 6.17. The lowest BCUT2D eigenvalue weighted by atomic mass is 9.99. The first kappa shape index (κ1) is 18.9. The molecule has 1 heterocycles. The maximum Gasteiger partial charge on any atom is 0.161 e. The molecule has 6 nitrogen and oxygen atoms in total. The smallest absolute Gasteiger partial charge is 0.161 e. The van der Waals surface area contributed by atoms with Crippen molar-refractivity contribution in [3.05, 3.63) is 36.5 Å². The molecule has 0 atom stereocenters. The molecule has 4 aromatic rings. The average molecular weight is 393 g/mol. The molecule has 0 aliphatic heterocycles. The van der Waals surface area contributed by atoms with Crippen LogP contribution >= 0.6 is 0 Å². The van der Waals surface area contributed by atoms with E-state index in [1.807, 2.05) is 43.5 Å². The van der Waals surface area contributed by atoms with Crippen molar-refractivity contribution in [3.63, 3.8) is 0 Å². The summed E-state index contributed by atoms with van der Waals surface area (Å²) in [6, 6.07) is 9.80. The fourth-order valence-electron chi connectivity index (χ4n) is 3.69. The third kappa shape index (κ3) is 3.01. The fourth-order valence-corrected chi connectivity index (χ4v) is 3.69. The molecule has 0 aliphatic carbocycles. The molecule has 0 aliphatic rings. The largest absolute Gasteiger partial charge is 0.493 e. The predicted molar refractivity (Wildman–Crippen MR) is 114 cm³/mol. The Bertz CT molecular complexity index is 1220. The Morgan fingerprint density at radius 3 is 1.69 bits per heavy atom. The van der Waals surface area contributed by atoms with Crippen molar-refractivity contribution in [3.8, 4) is 28.7 Å². The molecule has 0 radical (unpaired) electrons. The van der Waals surface area contributed by atoms with Crippen molar-refractivity contribution in [2.75, 3.05) is 35.0 Å². The number of aromatic nitrogens is 1. The minimum atomic E-state index is 0.546. The molecule has 0 amide bonds. The first-order valence-electron chi connectivity index (χ1n) is 9.31. The summed E-state index contributed by atoms with van der Waals surface area (Å²) in [4.78, 5) is 4.75. The van der Waals surface area contributed by atoms with Crippen molar-refractivity contribution in [1.29, 1.82) is 0 Å². The maximum atomic E-state index is 5.97. The van der Waals surface area contributed by atoms with Gasteiger partial charge in [-0.1, -0.05) is 0 Å². The van der Waals surface area contributed by atoms with Gasteiger partial charge in [0.2, 0.25) is 0 Å². The Kier molecular flexibility index (Phi) is 4.92. The van der Waals surface area contributed by atoms with Gasteiger partial charge in [0.15, 0.2) is 23.0 Å². The van der Waals surface area contributed by atoms with Crippen LogP contribution in [0.1, 0.15) is 6.92 Å². The first-order chi connectivity index (χ1) is 14.1. The Balaban J connectivity index is 2.16. The van der Waals surface area contributed by atoms with Crippen LogP contribution < -0.4 is 23.7 Å². The van der Waals surface area contributed by atoms with E-state index < -0.39 is 0 Å². The fraction of sp³-hybridized carbons (Fsp3) is 0.261. The molecule has 0 spiro atoms. The highest BCUT2D eigenvalue weighted by atomic mass is 16.5. The zero-order valence-electron chi connectivity index (χ0n) is 17.2. The molecule has 29 heavy (non-hydrogen) atoms. The van der Waals surface area contributed by atoms with Crippen LogP contribution in [0, 0.1) is 0 Å². The van der Waals surface area contributed by atoms with Gasteiger partial charge in [-0.15, -0.1) is 0 Å². The molecule has 1 aromatic heterocycles. The van der Waals surface area contributed by atoms with Crippen LogP contribution in [0.3, 0.4) is 0 Å². The zero-order chi connectivity index (χ0) is 20.5. The molecule has 0 bridgehead atoms. The molecule has 0 saturated carbocycles. The number of nitrogens with zero attached hydrogens (tertiary/aromatic N) is 1. The number of fused-ring (bicyclic) bond motifs is 5. The van der Waals surface area contributed by atoms with Crippen LogP contribution in [-0.4, -0.2) is 40.0 Å². The Morgan fingerprint density at radius 1 is 0.621 bits per heavy atom. The lowest BCUT2D eigenvalue weighted by molar-refractivity contribution is 0.343. The number of hydrogen-bond donors (Lipinski definition) is 0. The van der Waals surface area contributed by atoms with Crippen LogP contribution in [-0.2, 0) is 0 Å². The zero-order valence-corrected chi connectivity index (χ0v) is 17.2. The predicted octanol–water partition coefficient (Wildman–Crippen LogP) is 4.97. The average Bonchev–Trinajstić information content (AvgIpc) is 2.77. The molecule has 0 unspecified atom stereocenters. The van der Waals surface area contributed by atoms with E-state index in [-0.39, 0.29) is 0 Å². The molecular weight excluding hydrogens is 370 g/mol. The summed E-state index contributed by atoms with van der Waals surface area (Å²) in [5, 5.41) is 4.78. The van der Waals surface area contributed by atoms with Crippen LogP contribution in [0.5, 0.6) is 28.7 Å². The Morgan fingerprint density at radius 2 is 1.10 bits per heavy atom. The van der Waals surface area contributed by atoms with Gasteiger partial charge >= 0.3 is 0 Å². The molecule has 4 rings (SSSR count). The highest BCUT2D eigenvalue weighted by Crippen LogP contribution is 2.43. The Hall–Kier alpha value is -3.41. The van der Waals surface area contributed by atoms with Crippen molar-refractivity contribution in [2.24, 2.45) is 0 Å². The standard InChI is InChI=1S/C23H23NO5/c1-6-29-18-10-16-14-8-20(26-3)19(25-2)7-13(14)12-24-23(16)17-11-22(28-5)21(27-4)9-15(17)18/h7-12H,6H2,1-5H3. The number of methoxy groups -OCH3 is 4. The second-order valence-corrected chi connectivity index (χ2v) is 6.51. The SMILES string of the molecule is CCOc1cc2c3cc(OC)c(OC)cc3cnc2c2cc(OC)c(OC)cc12. The van der Waals surface area contributed by atoms with Crippen LogP contribution in [0.2, 0.25) is 0 Å². The topological polar surface area (TPSA) is 59.0 Å². The molecule has 6 heteroatoms. The van der Waals surface area contributed by atoms with Crippen molar-refractivity contribution >= 4 is 32.4 Å². The molecule has 0 saturated heterocycles. The summed E-state index contributed by atoms with van der Waals surface area (Å²) in [5.74, 6) is 3.38. The lowest BCUT2D eigenvalue weighted by Crippen LogP contribution is -1.97. The van der Waals surface area contributed by atoms with E-state index in [0.29, 0.717) is 29.6 Å². The molecule has 3 aromatic carbocycles. The van der Waals surface area contributed by atoms with E-state index in [4.69, 9.17) is 28.7 Å². The van der Waals surface area contributed by atoms with E-state index in [1.165, 1.54) is 0 Å². The molecule has 0 fully saturated rings. The third-order valence-corrected chi connectivity index (χ3v) is 5.05. The van der Waals surface area contributed by atoms with E-state index in [9.17, 15) is 0 Å². The van der Waals surface area contributed by atoms with Gasteiger partial charge < -0.3 is 23.7 Å². The third-order valence-electron chi connectivity index (χ3n) is 5.05. The maximum absolute atomic E-state index is 5.97. The number of hydrogen-bond acceptors (Lipinski definition) is 6.